The summed E-state index contributed by atoms with van der Waals surface area (Å²) >= 11 is 0. The van der Waals surface area contributed by atoms with Gasteiger partial charge in [-0.2, -0.15) is 5.26 Å². The smallest absolute Gasteiger partial charge is 0.238 e. The number of anilines is 1. The Morgan fingerprint density at radius 2 is 1.88 bits per heavy atom. The molecule has 168 valence electrons. The van der Waals surface area contributed by atoms with Gasteiger partial charge in [0.1, 0.15) is 6.04 Å². The molecule has 2 fully saturated rings. The molecule has 2 aromatic rings. The molecule has 1 heterocycles. The fourth-order valence-corrected chi connectivity index (χ4v) is 5.87. The molecule has 2 aliphatic carbocycles. The van der Waals surface area contributed by atoms with E-state index in [1.54, 1.807) is 0 Å². The Bertz CT molecular complexity index is 1160. The van der Waals surface area contributed by atoms with Crippen LogP contribution in [-0.4, -0.2) is 23.8 Å². The Balaban J connectivity index is 1.26. The second-order valence-electron chi connectivity index (χ2n) is 9.64. The highest BCUT2D eigenvalue weighted by Crippen LogP contribution is 2.48. The lowest BCUT2D eigenvalue weighted by Crippen LogP contribution is -2.40. The highest BCUT2D eigenvalue weighted by molar-refractivity contribution is 6.18. The molecule has 0 spiro atoms. The Hall–Kier alpha value is -3.46. The zero-order valence-electron chi connectivity index (χ0n) is 18.7. The molecular weight excluding hydrogens is 414 g/mol. The van der Waals surface area contributed by atoms with Gasteiger partial charge in [-0.15, -0.1) is 0 Å². The molecule has 6 heteroatoms. The molecule has 3 aliphatic rings. The van der Waals surface area contributed by atoms with Crippen molar-refractivity contribution in [2.45, 2.75) is 51.5 Å². The average Bonchev–Trinajstić information content (AvgIpc) is 3.52. The Morgan fingerprint density at radius 1 is 1.12 bits per heavy atom. The summed E-state index contributed by atoms with van der Waals surface area (Å²) in [5, 5.41) is 12.6. The Morgan fingerprint density at radius 3 is 2.52 bits per heavy atom. The van der Waals surface area contributed by atoms with E-state index in [9.17, 15) is 19.6 Å². The molecular formula is C27H27N3O3. The quantitative estimate of drug-likeness (QED) is 0.765. The first-order valence-electron chi connectivity index (χ1n) is 11.7. The molecule has 4 atom stereocenters. The number of amides is 3. The van der Waals surface area contributed by atoms with Crippen molar-refractivity contribution in [3.8, 4) is 17.2 Å². The van der Waals surface area contributed by atoms with E-state index in [0.29, 0.717) is 23.9 Å². The molecule has 2 saturated carbocycles. The number of fused-ring (bicyclic) bond motifs is 3. The Labute approximate surface area is 193 Å². The van der Waals surface area contributed by atoms with Crippen molar-refractivity contribution in [3.05, 3.63) is 53.6 Å². The van der Waals surface area contributed by atoms with Crippen molar-refractivity contribution in [2.75, 3.05) is 4.90 Å². The molecule has 1 aliphatic heterocycles. The van der Waals surface area contributed by atoms with E-state index >= 15 is 0 Å². The molecule has 5 rings (SSSR count). The number of benzene rings is 2. The number of carbonyl (C=O) groups excluding carboxylic acids is 3. The number of hydrogen-bond acceptors (Lipinski definition) is 4. The van der Waals surface area contributed by atoms with E-state index in [1.807, 2.05) is 42.5 Å². The molecule has 0 unspecified atom stereocenters. The number of carbonyl (C=O) groups is 3. The predicted octanol–water partition coefficient (Wildman–Crippen LogP) is 3.78. The van der Waals surface area contributed by atoms with Gasteiger partial charge in [0.15, 0.2) is 0 Å². The minimum Gasteiger partial charge on any atom is -0.340 e. The number of nitrogens with zero attached hydrogens (tertiary/aromatic N) is 2. The van der Waals surface area contributed by atoms with Crippen LogP contribution in [0.1, 0.15) is 43.7 Å². The Kier molecular flexibility index (Phi) is 5.49. The third-order valence-corrected chi connectivity index (χ3v) is 7.51. The molecule has 6 nitrogen and oxygen atoms in total. The van der Waals surface area contributed by atoms with Gasteiger partial charge in [0.05, 0.1) is 18.2 Å². The zero-order valence-corrected chi connectivity index (χ0v) is 18.7. The second kappa shape index (κ2) is 8.47. The number of hydrogen-bond donors (Lipinski definition) is 1. The van der Waals surface area contributed by atoms with Crippen LogP contribution in [-0.2, 0) is 27.2 Å². The van der Waals surface area contributed by atoms with Crippen LogP contribution in [0.5, 0.6) is 0 Å². The van der Waals surface area contributed by atoms with Crippen LogP contribution in [0.3, 0.4) is 0 Å². The van der Waals surface area contributed by atoms with Gasteiger partial charge in [-0.05, 0) is 59.4 Å². The lowest BCUT2D eigenvalue weighted by molar-refractivity contribution is -0.127. The summed E-state index contributed by atoms with van der Waals surface area (Å²) in [6, 6.07) is 15.3. The summed E-state index contributed by atoms with van der Waals surface area (Å²) in [4.78, 5) is 38.0. The third-order valence-electron chi connectivity index (χ3n) is 7.51. The van der Waals surface area contributed by atoms with Gasteiger partial charge in [0.25, 0.3) is 0 Å². The summed E-state index contributed by atoms with van der Waals surface area (Å²) < 4.78 is 0. The van der Waals surface area contributed by atoms with Gasteiger partial charge in [0, 0.05) is 19.3 Å². The summed E-state index contributed by atoms with van der Waals surface area (Å²) in [6.07, 6.45) is 5.23. The van der Waals surface area contributed by atoms with Gasteiger partial charge >= 0.3 is 0 Å². The number of nitriles is 1. The minimum atomic E-state index is -0.544. The topological polar surface area (TPSA) is 90.3 Å². The summed E-state index contributed by atoms with van der Waals surface area (Å²) in [5.74, 6) is 0.825. The van der Waals surface area contributed by atoms with E-state index in [2.05, 4.69) is 11.4 Å². The molecule has 2 bridgehead atoms. The van der Waals surface area contributed by atoms with Gasteiger partial charge < -0.3 is 5.32 Å². The molecule has 2 aromatic carbocycles. The maximum atomic E-state index is 12.7. The molecule has 33 heavy (non-hydrogen) atoms. The zero-order chi connectivity index (χ0) is 23.1. The van der Waals surface area contributed by atoms with Crippen molar-refractivity contribution in [2.24, 2.45) is 17.8 Å². The highest BCUT2D eigenvalue weighted by atomic mass is 16.2. The number of imide groups is 1. The normalized spacial score (nSPS) is 23.8. The standard InChI is InChI=1S/C27H27N3O3/c1-16(31)30-25-13-20(8-9-22(25)14-26(30)32)19-5-2-17(3-6-19)11-23(15-28)29-27(33)24-12-18-4-7-21(24)10-18/h2-3,5-6,8-9,13,18,21,23-24H,4,7,10-12,14H2,1H3,(H,29,33)/t18-,21+,23+,24+/m1/s1. The van der Waals surface area contributed by atoms with E-state index < -0.39 is 6.04 Å². The van der Waals surface area contributed by atoms with Crippen LogP contribution in [0.4, 0.5) is 5.69 Å². The first kappa shape index (κ1) is 21.4. The van der Waals surface area contributed by atoms with E-state index in [-0.39, 0.29) is 30.1 Å². The summed E-state index contributed by atoms with van der Waals surface area (Å²) in [6.45, 7) is 1.40. The first-order valence-corrected chi connectivity index (χ1v) is 11.7. The van der Waals surface area contributed by atoms with Crippen LogP contribution in [0.2, 0.25) is 0 Å². The molecule has 0 radical (unpaired) electrons. The fourth-order valence-electron chi connectivity index (χ4n) is 5.87. The third kappa shape index (κ3) is 4.04. The highest BCUT2D eigenvalue weighted by Gasteiger charge is 2.43. The molecule has 0 saturated heterocycles. The van der Waals surface area contributed by atoms with Crippen molar-refractivity contribution < 1.29 is 14.4 Å². The second-order valence-corrected chi connectivity index (χ2v) is 9.64. The van der Waals surface area contributed by atoms with Crippen LogP contribution < -0.4 is 10.2 Å². The lowest BCUT2D eigenvalue weighted by Gasteiger charge is -2.22. The first-order chi connectivity index (χ1) is 15.9. The van der Waals surface area contributed by atoms with Crippen molar-refractivity contribution in [3.63, 3.8) is 0 Å². The predicted molar refractivity (Wildman–Crippen MR) is 124 cm³/mol. The monoisotopic (exact) mass is 441 g/mol. The van der Waals surface area contributed by atoms with Crippen LogP contribution in [0.15, 0.2) is 42.5 Å². The van der Waals surface area contributed by atoms with E-state index in [0.717, 1.165) is 41.5 Å². The minimum absolute atomic E-state index is 0.0353. The van der Waals surface area contributed by atoms with Gasteiger partial charge in [-0.25, -0.2) is 0 Å². The average molecular weight is 442 g/mol. The summed E-state index contributed by atoms with van der Waals surface area (Å²) in [7, 11) is 0. The van der Waals surface area contributed by atoms with Crippen molar-refractivity contribution >= 4 is 23.4 Å². The van der Waals surface area contributed by atoms with Crippen molar-refractivity contribution in [1.82, 2.24) is 5.32 Å². The van der Waals surface area contributed by atoms with Crippen LogP contribution >= 0.6 is 0 Å². The van der Waals surface area contributed by atoms with Crippen LogP contribution in [0.25, 0.3) is 11.1 Å². The maximum Gasteiger partial charge on any atom is 0.238 e. The fraction of sp³-hybridized carbons (Fsp3) is 0.407. The maximum absolute atomic E-state index is 12.7. The van der Waals surface area contributed by atoms with Gasteiger partial charge in [0.2, 0.25) is 17.7 Å². The van der Waals surface area contributed by atoms with Crippen molar-refractivity contribution in [1.29, 1.82) is 5.26 Å². The molecule has 1 N–H and O–H groups in total. The molecule has 3 amide bonds. The molecule has 0 aromatic heterocycles. The largest absolute Gasteiger partial charge is 0.340 e. The lowest BCUT2D eigenvalue weighted by atomic mass is 9.88. The summed E-state index contributed by atoms with van der Waals surface area (Å²) in [5.41, 5.74) is 4.37. The van der Waals surface area contributed by atoms with Crippen LogP contribution in [0, 0.1) is 29.1 Å². The van der Waals surface area contributed by atoms with Gasteiger partial charge in [-0.3, -0.25) is 19.3 Å². The van der Waals surface area contributed by atoms with E-state index in [1.165, 1.54) is 18.2 Å². The van der Waals surface area contributed by atoms with Gasteiger partial charge in [-0.1, -0.05) is 42.8 Å². The number of rotatable bonds is 5. The van der Waals surface area contributed by atoms with E-state index in [4.69, 9.17) is 0 Å². The SMILES string of the molecule is CC(=O)N1C(=O)Cc2ccc(-c3ccc(C[C@@H](C#N)NC(=O)[C@H]4C[C@@H]5CC[C@H]4C5)cc3)cc21. The number of nitrogens with one attached hydrogen (secondary N) is 1.